The number of methoxy groups -OCH3 is 1. The van der Waals surface area contributed by atoms with Gasteiger partial charge in [0.15, 0.2) is 0 Å². The summed E-state index contributed by atoms with van der Waals surface area (Å²) in [5, 5.41) is 20.3. The second-order valence-electron chi connectivity index (χ2n) is 6.43. The first-order valence-corrected chi connectivity index (χ1v) is 8.90. The van der Waals surface area contributed by atoms with Crippen molar-refractivity contribution < 1.29 is 23.7 Å². The molecule has 152 valence electrons. The summed E-state index contributed by atoms with van der Waals surface area (Å²) >= 11 is 0. The second kappa shape index (κ2) is 8.55. The summed E-state index contributed by atoms with van der Waals surface area (Å²) in [6, 6.07) is 11.0. The molecule has 1 aliphatic heterocycles. The molecule has 2 amide bonds. The highest BCUT2D eigenvalue weighted by Gasteiger charge is 2.35. The largest absolute Gasteiger partial charge is 0.457 e. The number of rotatable bonds is 6. The maximum Gasteiger partial charge on any atom is 0.271 e. The molecule has 2 heterocycles. The summed E-state index contributed by atoms with van der Waals surface area (Å²) in [5.74, 6) is -0.534. The van der Waals surface area contributed by atoms with Crippen molar-refractivity contribution in [2.24, 2.45) is 0 Å². The maximum atomic E-state index is 12.8. The molecule has 2 aromatic rings. The van der Waals surface area contributed by atoms with Crippen molar-refractivity contribution in [1.82, 2.24) is 4.90 Å². The quantitative estimate of drug-likeness (QED) is 0.312. The lowest BCUT2D eigenvalue weighted by molar-refractivity contribution is -0.384. The summed E-state index contributed by atoms with van der Waals surface area (Å²) in [5.41, 5.74) is 0.723. The average molecular weight is 407 g/mol. The number of nitro groups is 1. The third-order valence-electron chi connectivity index (χ3n) is 4.60. The molecule has 1 aromatic carbocycles. The number of carbonyl (C=O) groups is 2. The number of nitrogens with zero attached hydrogens (tertiary/aromatic N) is 3. The van der Waals surface area contributed by atoms with Gasteiger partial charge in [0.05, 0.1) is 18.1 Å². The highest BCUT2D eigenvalue weighted by atomic mass is 16.6. The van der Waals surface area contributed by atoms with Crippen LogP contribution in [0.25, 0.3) is 17.4 Å². The van der Waals surface area contributed by atoms with E-state index in [2.05, 4.69) is 0 Å². The fourth-order valence-electron chi connectivity index (χ4n) is 3.02. The lowest BCUT2D eigenvalue weighted by Crippen LogP contribution is -2.44. The molecule has 1 aliphatic rings. The molecule has 0 unspecified atom stereocenters. The van der Waals surface area contributed by atoms with E-state index in [0.29, 0.717) is 17.1 Å². The van der Waals surface area contributed by atoms with Crippen LogP contribution in [-0.4, -0.2) is 41.9 Å². The molecule has 0 aliphatic carbocycles. The van der Waals surface area contributed by atoms with Gasteiger partial charge in [-0.05, 0) is 30.7 Å². The van der Waals surface area contributed by atoms with Crippen LogP contribution in [0.4, 0.5) is 5.69 Å². The predicted molar refractivity (Wildman–Crippen MR) is 106 cm³/mol. The van der Waals surface area contributed by atoms with Crippen molar-refractivity contribution in [2.75, 3.05) is 20.3 Å². The third-order valence-corrected chi connectivity index (χ3v) is 4.60. The van der Waals surface area contributed by atoms with Gasteiger partial charge in [0, 0.05) is 30.4 Å². The average Bonchev–Trinajstić information content (AvgIpc) is 3.20. The zero-order chi connectivity index (χ0) is 21.8. The zero-order valence-corrected chi connectivity index (χ0v) is 16.2. The van der Waals surface area contributed by atoms with Crippen LogP contribution in [0.5, 0.6) is 0 Å². The van der Waals surface area contributed by atoms with E-state index in [1.54, 1.807) is 24.3 Å². The number of carbonyl (C=O) groups excluding carboxylic acids is 2. The second-order valence-corrected chi connectivity index (χ2v) is 6.43. The smallest absolute Gasteiger partial charge is 0.271 e. The number of ether oxygens (including phenoxy) is 1. The zero-order valence-electron chi connectivity index (χ0n) is 16.2. The Balaban J connectivity index is 2.00. The number of nitriles is 1. The molecule has 0 atom stereocenters. The third kappa shape index (κ3) is 3.90. The minimum atomic E-state index is -0.661. The highest BCUT2D eigenvalue weighted by molar-refractivity contribution is 6.19. The van der Waals surface area contributed by atoms with Gasteiger partial charge in [-0.3, -0.25) is 24.6 Å². The molecule has 0 saturated carbocycles. The van der Waals surface area contributed by atoms with Crippen LogP contribution < -0.4 is 0 Å². The van der Waals surface area contributed by atoms with Gasteiger partial charge in [-0.1, -0.05) is 12.1 Å². The highest BCUT2D eigenvalue weighted by Crippen LogP contribution is 2.30. The Morgan fingerprint density at radius 2 is 2.03 bits per heavy atom. The molecule has 0 N–H and O–H groups in total. The van der Waals surface area contributed by atoms with Gasteiger partial charge in [-0.25, -0.2) is 0 Å². The number of hydrogen-bond donors (Lipinski definition) is 0. The SMILES string of the molecule is COCCN1C(=O)C(C#N)=C(C)/C(=C\c2ccc(-c3cccc([N+](=O)[O-])c3)o2)C1=O. The Morgan fingerprint density at radius 1 is 1.27 bits per heavy atom. The van der Waals surface area contributed by atoms with Crippen LogP contribution in [0.15, 0.2) is 57.5 Å². The summed E-state index contributed by atoms with van der Waals surface area (Å²) < 4.78 is 10.7. The number of benzene rings is 1. The van der Waals surface area contributed by atoms with Crippen molar-refractivity contribution >= 4 is 23.6 Å². The van der Waals surface area contributed by atoms with E-state index in [-0.39, 0.29) is 35.6 Å². The molecule has 0 spiro atoms. The number of nitro benzene ring substituents is 1. The minimum Gasteiger partial charge on any atom is -0.457 e. The van der Waals surface area contributed by atoms with Gasteiger partial charge >= 0.3 is 0 Å². The molecule has 0 fully saturated rings. The Labute approximate surface area is 171 Å². The summed E-state index contributed by atoms with van der Waals surface area (Å²) in [4.78, 5) is 36.7. The number of imide groups is 1. The van der Waals surface area contributed by atoms with E-state index in [1.165, 1.54) is 32.2 Å². The van der Waals surface area contributed by atoms with Crippen molar-refractivity contribution in [3.05, 3.63) is 69.0 Å². The molecule has 0 radical (unpaired) electrons. The molecule has 9 nitrogen and oxygen atoms in total. The number of amides is 2. The fraction of sp³-hybridized carbons (Fsp3) is 0.190. The summed E-state index contributed by atoms with van der Waals surface area (Å²) in [7, 11) is 1.44. The first-order valence-electron chi connectivity index (χ1n) is 8.90. The maximum absolute atomic E-state index is 12.8. The van der Waals surface area contributed by atoms with Crippen molar-refractivity contribution in [1.29, 1.82) is 5.26 Å². The molecule has 30 heavy (non-hydrogen) atoms. The lowest BCUT2D eigenvalue weighted by Gasteiger charge is -2.26. The van der Waals surface area contributed by atoms with E-state index < -0.39 is 16.7 Å². The van der Waals surface area contributed by atoms with Crippen LogP contribution in [0.3, 0.4) is 0 Å². The molecular formula is C21H17N3O6. The van der Waals surface area contributed by atoms with Gasteiger partial charge < -0.3 is 9.15 Å². The lowest BCUT2D eigenvalue weighted by atomic mass is 9.95. The Hall–Kier alpha value is -4.03. The van der Waals surface area contributed by atoms with Crippen molar-refractivity contribution in [3.63, 3.8) is 0 Å². The van der Waals surface area contributed by atoms with E-state index in [9.17, 15) is 25.0 Å². The molecule has 0 bridgehead atoms. The van der Waals surface area contributed by atoms with Crippen LogP contribution in [-0.2, 0) is 14.3 Å². The standard InChI is InChI=1S/C21H17N3O6/c1-13-17(20(25)23(8-9-29-2)21(26)18(13)12-22)11-16-6-7-19(30-16)14-4-3-5-15(10-14)24(27)28/h3-7,10-11H,8-9H2,1-2H3/b17-11+. The molecule has 9 heteroatoms. The first-order chi connectivity index (χ1) is 14.4. The van der Waals surface area contributed by atoms with Gasteiger partial charge in [0.2, 0.25) is 0 Å². The topological polar surface area (TPSA) is 127 Å². The minimum absolute atomic E-state index is 0.0149. The van der Waals surface area contributed by atoms with Crippen molar-refractivity contribution in [3.8, 4) is 17.4 Å². The summed E-state index contributed by atoms with van der Waals surface area (Å²) in [6.45, 7) is 1.68. The molecule has 3 rings (SSSR count). The van der Waals surface area contributed by atoms with Gasteiger partial charge in [-0.2, -0.15) is 5.26 Å². The fourth-order valence-corrected chi connectivity index (χ4v) is 3.02. The van der Waals surface area contributed by atoms with Gasteiger partial charge in [0.25, 0.3) is 17.5 Å². The summed E-state index contributed by atoms with van der Waals surface area (Å²) in [6.07, 6.45) is 1.45. The van der Waals surface area contributed by atoms with Gasteiger partial charge in [0.1, 0.15) is 23.2 Å². The van der Waals surface area contributed by atoms with E-state index in [1.807, 2.05) is 6.07 Å². The number of furan rings is 1. The predicted octanol–water partition coefficient (Wildman–Crippen LogP) is 3.09. The van der Waals surface area contributed by atoms with E-state index >= 15 is 0 Å². The number of hydrogen-bond acceptors (Lipinski definition) is 7. The van der Waals surface area contributed by atoms with E-state index in [0.717, 1.165) is 4.90 Å². The van der Waals surface area contributed by atoms with Crippen LogP contribution in [0, 0.1) is 21.4 Å². The Kier molecular flexibility index (Phi) is 5.90. The molecular weight excluding hydrogens is 390 g/mol. The normalized spacial score (nSPS) is 15.6. The Bertz CT molecular complexity index is 1140. The monoisotopic (exact) mass is 407 g/mol. The molecule has 1 aromatic heterocycles. The Morgan fingerprint density at radius 3 is 2.70 bits per heavy atom. The van der Waals surface area contributed by atoms with Crippen LogP contribution in [0.1, 0.15) is 12.7 Å². The van der Waals surface area contributed by atoms with E-state index in [4.69, 9.17) is 9.15 Å². The van der Waals surface area contributed by atoms with Gasteiger partial charge in [-0.15, -0.1) is 0 Å². The van der Waals surface area contributed by atoms with Crippen LogP contribution in [0.2, 0.25) is 0 Å². The first kappa shape index (κ1) is 20.7. The van der Waals surface area contributed by atoms with Crippen LogP contribution >= 0.6 is 0 Å². The molecule has 0 saturated heterocycles. The number of non-ortho nitro benzene ring substituents is 1. The van der Waals surface area contributed by atoms with Crippen molar-refractivity contribution in [2.45, 2.75) is 6.92 Å².